The molecule has 0 radical (unpaired) electrons. The predicted octanol–water partition coefficient (Wildman–Crippen LogP) is 1.48. The minimum Gasteiger partial charge on any atom is -0.477 e. The van der Waals surface area contributed by atoms with Crippen molar-refractivity contribution in [3.8, 4) is 0 Å². The molecule has 0 fully saturated rings. The van der Waals surface area contributed by atoms with Gasteiger partial charge in [0, 0.05) is 23.9 Å². The van der Waals surface area contributed by atoms with Gasteiger partial charge in [0.25, 0.3) is 6.43 Å². The molecule has 6 heteroatoms. The van der Waals surface area contributed by atoms with Gasteiger partial charge in [-0.15, -0.1) is 0 Å². The van der Waals surface area contributed by atoms with E-state index in [1.165, 1.54) is 6.92 Å². The van der Waals surface area contributed by atoms with Crippen LogP contribution in [0.2, 0.25) is 0 Å². The van der Waals surface area contributed by atoms with Crippen molar-refractivity contribution in [2.45, 2.75) is 19.9 Å². The van der Waals surface area contributed by atoms with E-state index in [1.54, 1.807) is 0 Å². The number of hydrogen-bond donors (Lipinski definition) is 2. The van der Waals surface area contributed by atoms with Crippen LogP contribution in [0.3, 0.4) is 0 Å². The fraction of sp³-hybridized carbons (Fsp3) is 0.333. The van der Waals surface area contributed by atoms with Gasteiger partial charge in [0.1, 0.15) is 0 Å². The molecule has 1 rings (SSSR count). The van der Waals surface area contributed by atoms with Gasteiger partial charge in [-0.25, -0.2) is 18.6 Å². The highest BCUT2D eigenvalue weighted by Gasteiger charge is 2.19. The molecule has 3 N–H and O–H groups in total. The molecule has 1 heterocycles. The number of halogens is 2. The summed E-state index contributed by atoms with van der Waals surface area (Å²) in [7, 11) is 0. The molecule has 0 aliphatic carbocycles. The maximum Gasteiger partial charge on any atom is 0.354 e. The lowest BCUT2D eigenvalue weighted by Gasteiger charge is -2.11. The van der Waals surface area contributed by atoms with Crippen molar-refractivity contribution in [3.05, 3.63) is 28.6 Å². The van der Waals surface area contributed by atoms with Crippen LogP contribution in [0, 0.1) is 6.92 Å². The maximum absolute atomic E-state index is 12.4. The second-order valence-electron chi connectivity index (χ2n) is 2.98. The van der Waals surface area contributed by atoms with Crippen LogP contribution in [-0.2, 0) is 6.54 Å². The van der Waals surface area contributed by atoms with Crippen molar-refractivity contribution in [3.63, 3.8) is 0 Å². The van der Waals surface area contributed by atoms with Gasteiger partial charge in [0.15, 0.2) is 5.69 Å². The van der Waals surface area contributed by atoms with Crippen LogP contribution >= 0.6 is 0 Å². The van der Waals surface area contributed by atoms with E-state index in [0.29, 0.717) is 0 Å². The molecular weight excluding hydrogens is 206 g/mol. The number of aromatic nitrogens is 1. The molecule has 0 spiro atoms. The van der Waals surface area contributed by atoms with E-state index in [1.807, 2.05) is 0 Å². The first-order valence-electron chi connectivity index (χ1n) is 4.19. The molecule has 82 valence electrons. The van der Waals surface area contributed by atoms with Crippen molar-refractivity contribution in [2.75, 3.05) is 0 Å². The Labute approximate surface area is 84.7 Å². The van der Waals surface area contributed by atoms with Crippen LogP contribution in [0.5, 0.6) is 0 Å². The molecule has 0 bridgehead atoms. The Morgan fingerprint density at radius 2 is 2.27 bits per heavy atom. The van der Waals surface area contributed by atoms with E-state index in [0.717, 1.165) is 6.20 Å². The number of rotatable bonds is 3. The Morgan fingerprint density at radius 3 is 2.67 bits per heavy atom. The van der Waals surface area contributed by atoms with Gasteiger partial charge in [-0.3, -0.25) is 0 Å². The monoisotopic (exact) mass is 216 g/mol. The van der Waals surface area contributed by atoms with Gasteiger partial charge in [-0.2, -0.15) is 0 Å². The standard InChI is InChI=1S/C9H10F2N2O2/c1-4-5(2-12)7(9(14)15)13-3-6(4)8(10)11/h3,8H,2,12H2,1H3,(H,14,15). The zero-order valence-corrected chi connectivity index (χ0v) is 8.00. The third-order valence-corrected chi connectivity index (χ3v) is 2.15. The van der Waals surface area contributed by atoms with Gasteiger partial charge in [0.05, 0.1) is 0 Å². The Hall–Kier alpha value is -1.56. The average molecular weight is 216 g/mol. The summed E-state index contributed by atoms with van der Waals surface area (Å²) in [5.74, 6) is -1.26. The highest BCUT2D eigenvalue weighted by Crippen LogP contribution is 2.25. The second kappa shape index (κ2) is 4.31. The Morgan fingerprint density at radius 1 is 1.67 bits per heavy atom. The van der Waals surface area contributed by atoms with E-state index in [4.69, 9.17) is 10.8 Å². The quantitative estimate of drug-likeness (QED) is 0.802. The van der Waals surface area contributed by atoms with E-state index >= 15 is 0 Å². The molecule has 0 amide bonds. The van der Waals surface area contributed by atoms with Gasteiger partial charge >= 0.3 is 5.97 Å². The van der Waals surface area contributed by atoms with Crippen LogP contribution in [-0.4, -0.2) is 16.1 Å². The van der Waals surface area contributed by atoms with Crippen LogP contribution in [0.4, 0.5) is 8.78 Å². The molecule has 0 saturated carbocycles. The number of pyridine rings is 1. The zero-order valence-electron chi connectivity index (χ0n) is 8.00. The van der Waals surface area contributed by atoms with Crippen molar-refractivity contribution < 1.29 is 18.7 Å². The summed E-state index contributed by atoms with van der Waals surface area (Å²) in [4.78, 5) is 14.2. The molecule has 15 heavy (non-hydrogen) atoms. The van der Waals surface area contributed by atoms with E-state index in [-0.39, 0.29) is 28.9 Å². The topological polar surface area (TPSA) is 76.2 Å². The number of nitrogens with two attached hydrogens (primary N) is 1. The Balaban J connectivity index is 3.39. The van der Waals surface area contributed by atoms with Crippen molar-refractivity contribution in [1.82, 2.24) is 4.98 Å². The number of carboxylic acid groups (broad SMARTS) is 1. The first-order chi connectivity index (χ1) is 6.99. The average Bonchev–Trinajstić information content (AvgIpc) is 2.16. The Bertz CT molecular complexity index is 394. The third kappa shape index (κ3) is 2.10. The maximum atomic E-state index is 12.4. The van der Waals surface area contributed by atoms with Crippen LogP contribution in [0.15, 0.2) is 6.20 Å². The SMILES string of the molecule is Cc1c(C(F)F)cnc(C(=O)O)c1CN. The van der Waals surface area contributed by atoms with Crippen molar-refractivity contribution >= 4 is 5.97 Å². The molecule has 0 aliphatic heterocycles. The molecule has 0 unspecified atom stereocenters. The van der Waals surface area contributed by atoms with Crippen LogP contribution in [0.1, 0.15) is 33.6 Å². The number of carbonyl (C=O) groups is 1. The second-order valence-corrected chi connectivity index (χ2v) is 2.98. The number of aromatic carboxylic acids is 1. The van der Waals surface area contributed by atoms with E-state index in [9.17, 15) is 13.6 Å². The molecule has 0 saturated heterocycles. The smallest absolute Gasteiger partial charge is 0.354 e. The summed E-state index contributed by atoms with van der Waals surface area (Å²) in [6.07, 6.45) is -1.80. The number of hydrogen-bond acceptors (Lipinski definition) is 3. The molecule has 0 aliphatic rings. The van der Waals surface area contributed by atoms with Gasteiger partial charge in [-0.05, 0) is 12.5 Å². The molecule has 0 atom stereocenters. The first-order valence-corrected chi connectivity index (χ1v) is 4.19. The normalized spacial score (nSPS) is 10.7. The summed E-state index contributed by atoms with van der Waals surface area (Å²) < 4.78 is 24.9. The molecule has 4 nitrogen and oxygen atoms in total. The van der Waals surface area contributed by atoms with Crippen molar-refractivity contribution in [1.29, 1.82) is 0 Å². The lowest BCUT2D eigenvalue weighted by Crippen LogP contribution is -2.13. The first kappa shape index (κ1) is 11.5. The summed E-state index contributed by atoms with van der Waals surface area (Å²) in [6.45, 7) is 1.29. The fourth-order valence-electron chi connectivity index (χ4n) is 1.31. The highest BCUT2D eigenvalue weighted by atomic mass is 19.3. The van der Waals surface area contributed by atoms with Crippen LogP contribution < -0.4 is 5.73 Å². The summed E-state index contributed by atoms with van der Waals surface area (Å²) in [5.41, 5.74) is 5.12. The zero-order chi connectivity index (χ0) is 11.6. The number of carboxylic acids is 1. The summed E-state index contributed by atoms with van der Waals surface area (Å²) in [5, 5.41) is 8.75. The number of alkyl halides is 2. The minimum absolute atomic E-state index is 0.124. The third-order valence-electron chi connectivity index (χ3n) is 2.15. The molecule has 0 aromatic carbocycles. The van der Waals surface area contributed by atoms with E-state index in [2.05, 4.69) is 4.98 Å². The molecule has 1 aromatic rings. The van der Waals surface area contributed by atoms with Crippen LogP contribution in [0.25, 0.3) is 0 Å². The molecular formula is C9H10F2N2O2. The van der Waals surface area contributed by atoms with Gasteiger partial charge < -0.3 is 10.8 Å². The number of nitrogens with zero attached hydrogens (tertiary/aromatic N) is 1. The largest absolute Gasteiger partial charge is 0.477 e. The minimum atomic E-state index is -2.68. The van der Waals surface area contributed by atoms with Crippen molar-refractivity contribution in [2.24, 2.45) is 5.73 Å². The van der Waals surface area contributed by atoms with Gasteiger partial charge in [0.2, 0.25) is 0 Å². The molecule has 1 aromatic heterocycles. The fourth-order valence-corrected chi connectivity index (χ4v) is 1.31. The lowest BCUT2D eigenvalue weighted by atomic mass is 10.0. The van der Waals surface area contributed by atoms with Gasteiger partial charge in [-0.1, -0.05) is 0 Å². The highest BCUT2D eigenvalue weighted by molar-refractivity contribution is 5.87. The summed E-state index contributed by atoms with van der Waals surface area (Å²) >= 11 is 0. The predicted molar refractivity (Wildman–Crippen MR) is 48.8 cm³/mol. The van der Waals surface area contributed by atoms with E-state index < -0.39 is 12.4 Å². The summed E-state index contributed by atoms with van der Waals surface area (Å²) in [6, 6.07) is 0. The lowest BCUT2D eigenvalue weighted by molar-refractivity contribution is 0.0688. The Kier molecular flexibility index (Phi) is 3.31.